The van der Waals surface area contributed by atoms with E-state index in [1.165, 1.54) is 43.1 Å². The average molecular weight is 357 g/mol. The van der Waals surface area contributed by atoms with E-state index in [1.807, 2.05) is 30.3 Å². The van der Waals surface area contributed by atoms with Crippen LogP contribution in [0.15, 0.2) is 54.6 Å². The van der Waals surface area contributed by atoms with E-state index in [0.29, 0.717) is 17.9 Å². The second kappa shape index (κ2) is 6.85. The van der Waals surface area contributed by atoms with Gasteiger partial charge in [0, 0.05) is 18.2 Å². The van der Waals surface area contributed by atoms with Gasteiger partial charge in [0.15, 0.2) is 0 Å². The second-order valence-corrected chi connectivity index (χ2v) is 9.21. The average Bonchev–Trinajstić information content (AvgIpc) is 2.66. The highest BCUT2D eigenvalue weighted by molar-refractivity contribution is 6.32. The lowest BCUT2D eigenvalue weighted by Gasteiger charge is -2.57. The fourth-order valence-corrected chi connectivity index (χ4v) is 6.47. The van der Waals surface area contributed by atoms with Crippen molar-refractivity contribution in [3.63, 3.8) is 0 Å². The van der Waals surface area contributed by atoms with Crippen LogP contribution in [0.4, 0.5) is 0 Å². The zero-order chi connectivity index (χ0) is 18.4. The van der Waals surface area contributed by atoms with Crippen LogP contribution >= 0.6 is 0 Å². The minimum Gasteiger partial charge on any atom is -0.331 e. The molecule has 4 bridgehead atoms. The van der Waals surface area contributed by atoms with E-state index in [1.54, 1.807) is 0 Å². The lowest BCUT2D eigenvalue weighted by atomic mass is 9.54. The number of amides is 1. The van der Waals surface area contributed by atoms with Crippen molar-refractivity contribution in [3.8, 4) is 0 Å². The zero-order valence-corrected chi connectivity index (χ0v) is 16.2. The summed E-state index contributed by atoms with van der Waals surface area (Å²) >= 11 is 0. The summed E-state index contributed by atoms with van der Waals surface area (Å²) in [4.78, 5) is 15.8. The molecule has 4 fully saturated rings. The molecule has 2 aromatic rings. The van der Waals surface area contributed by atoms with Crippen LogP contribution in [0.25, 0.3) is 0 Å². The number of hydrogen-bond donors (Lipinski definition) is 0. The number of carbonyl (C=O) groups excluding carboxylic acids is 1. The van der Waals surface area contributed by atoms with Crippen molar-refractivity contribution in [1.29, 1.82) is 0 Å². The summed E-state index contributed by atoms with van der Waals surface area (Å²) in [7, 11) is 2.13. The molecule has 138 valence electrons. The Labute approximate surface area is 163 Å². The lowest BCUT2D eigenvalue weighted by molar-refractivity contribution is -0.0578. The predicted molar refractivity (Wildman–Crippen MR) is 112 cm³/mol. The summed E-state index contributed by atoms with van der Waals surface area (Å²) in [6, 6.07) is 19.0. The Hall–Kier alpha value is -2.03. The third-order valence-electron chi connectivity index (χ3n) is 7.25. The Morgan fingerprint density at radius 2 is 1.56 bits per heavy atom. The van der Waals surface area contributed by atoms with E-state index in [2.05, 4.69) is 37.0 Å². The Morgan fingerprint density at radius 3 is 2.19 bits per heavy atom. The van der Waals surface area contributed by atoms with Crippen LogP contribution in [0.2, 0.25) is 0 Å². The van der Waals surface area contributed by atoms with Gasteiger partial charge in [-0.15, -0.1) is 0 Å². The molecule has 2 nitrogen and oxygen atoms in total. The third kappa shape index (κ3) is 3.22. The topological polar surface area (TPSA) is 20.3 Å². The van der Waals surface area contributed by atoms with Crippen molar-refractivity contribution in [2.24, 2.45) is 23.7 Å². The normalized spacial score (nSPS) is 31.0. The monoisotopic (exact) mass is 357 g/mol. The van der Waals surface area contributed by atoms with Crippen molar-refractivity contribution in [1.82, 2.24) is 4.90 Å². The van der Waals surface area contributed by atoms with Gasteiger partial charge in [0.25, 0.3) is 5.91 Å². The van der Waals surface area contributed by atoms with Crippen molar-refractivity contribution >= 4 is 19.2 Å². The van der Waals surface area contributed by atoms with Gasteiger partial charge in [-0.2, -0.15) is 0 Å². The van der Waals surface area contributed by atoms with Crippen LogP contribution in [0, 0.1) is 23.7 Å². The fourth-order valence-electron chi connectivity index (χ4n) is 6.47. The highest BCUT2D eigenvalue weighted by atomic mass is 16.2. The van der Waals surface area contributed by atoms with E-state index in [9.17, 15) is 4.79 Å². The first-order chi connectivity index (χ1) is 13.2. The SMILES string of the molecule is Bc1cccc(CN(C(=O)c2ccccc2)C2C3CC4CC(C3)CC2C4)c1. The molecule has 0 spiro atoms. The molecule has 3 heteroatoms. The quantitative estimate of drug-likeness (QED) is 0.768. The van der Waals surface area contributed by atoms with Crippen molar-refractivity contribution in [2.75, 3.05) is 0 Å². The molecule has 0 heterocycles. The van der Waals surface area contributed by atoms with Gasteiger partial charge < -0.3 is 4.90 Å². The molecule has 6 rings (SSSR count). The van der Waals surface area contributed by atoms with Gasteiger partial charge in [-0.25, -0.2) is 0 Å². The predicted octanol–water partition coefficient (Wildman–Crippen LogP) is 3.41. The van der Waals surface area contributed by atoms with Crippen molar-refractivity contribution in [3.05, 3.63) is 65.7 Å². The molecular weight excluding hydrogens is 329 g/mol. The molecule has 0 N–H and O–H groups in total. The van der Waals surface area contributed by atoms with Crippen LogP contribution < -0.4 is 5.46 Å². The van der Waals surface area contributed by atoms with Gasteiger partial charge in [0.2, 0.25) is 0 Å². The second-order valence-electron chi connectivity index (χ2n) is 9.21. The van der Waals surface area contributed by atoms with Gasteiger partial charge >= 0.3 is 0 Å². The third-order valence-corrected chi connectivity index (χ3v) is 7.25. The first-order valence-corrected chi connectivity index (χ1v) is 10.6. The Bertz CT molecular complexity index is 805. The largest absolute Gasteiger partial charge is 0.331 e. The molecule has 0 aliphatic heterocycles. The maximum absolute atomic E-state index is 13.6. The van der Waals surface area contributed by atoms with Crippen LogP contribution in [-0.2, 0) is 6.54 Å². The summed E-state index contributed by atoms with van der Waals surface area (Å²) in [5.74, 6) is 3.49. The fraction of sp³-hybridized carbons (Fsp3) is 0.458. The van der Waals surface area contributed by atoms with E-state index in [0.717, 1.165) is 23.9 Å². The van der Waals surface area contributed by atoms with Crippen molar-refractivity contribution < 1.29 is 4.79 Å². The summed E-state index contributed by atoms with van der Waals surface area (Å²) in [5, 5.41) is 0. The molecule has 27 heavy (non-hydrogen) atoms. The van der Waals surface area contributed by atoms with E-state index in [-0.39, 0.29) is 5.91 Å². The van der Waals surface area contributed by atoms with Gasteiger partial charge in [-0.05, 0) is 73.5 Å². The smallest absolute Gasteiger partial charge is 0.254 e. The van der Waals surface area contributed by atoms with E-state index < -0.39 is 0 Å². The number of hydrogen-bond acceptors (Lipinski definition) is 1. The van der Waals surface area contributed by atoms with Crippen LogP contribution in [-0.4, -0.2) is 24.7 Å². The first-order valence-electron chi connectivity index (χ1n) is 10.6. The van der Waals surface area contributed by atoms with Crippen LogP contribution in [0.5, 0.6) is 0 Å². The summed E-state index contributed by atoms with van der Waals surface area (Å²) in [6.45, 7) is 0.738. The Morgan fingerprint density at radius 1 is 0.889 bits per heavy atom. The summed E-state index contributed by atoms with van der Waals surface area (Å²) in [5.41, 5.74) is 3.36. The summed E-state index contributed by atoms with van der Waals surface area (Å²) in [6.07, 6.45) is 6.80. The highest BCUT2D eigenvalue weighted by Gasteiger charge is 2.51. The van der Waals surface area contributed by atoms with Gasteiger partial charge in [0.05, 0.1) is 0 Å². The van der Waals surface area contributed by atoms with Crippen LogP contribution in [0.3, 0.4) is 0 Å². The van der Waals surface area contributed by atoms with Gasteiger partial charge in [0.1, 0.15) is 7.85 Å². The lowest BCUT2D eigenvalue weighted by Crippen LogP contribution is -2.57. The van der Waals surface area contributed by atoms with Gasteiger partial charge in [-0.1, -0.05) is 47.9 Å². The van der Waals surface area contributed by atoms with E-state index >= 15 is 0 Å². The minimum atomic E-state index is 0.217. The maximum Gasteiger partial charge on any atom is 0.254 e. The first kappa shape index (κ1) is 17.1. The Kier molecular flexibility index (Phi) is 4.34. The molecule has 0 atom stereocenters. The molecule has 0 saturated heterocycles. The molecule has 4 aliphatic rings. The van der Waals surface area contributed by atoms with Crippen LogP contribution in [0.1, 0.15) is 48.0 Å². The minimum absolute atomic E-state index is 0.217. The molecular formula is C24H28BNO. The molecule has 4 saturated carbocycles. The van der Waals surface area contributed by atoms with Crippen molar-refractivity contribution in [2.45, 2.75) is 44.7 Å². The maximum atomic E-state index is 13.6. The molecule has 2 aromatic carbocycles. The molecule has 4 aliphatic carbocycles. The standard InChI is InChI=1S/C24H28BNO/c25-22-8-4-5-16(14-22)15-26(24(27)19-6-2-1-3-7-19)23-20-10-17-9-18(12-20)13-21(23)11-17/h1-8,14,17-18,20-21,23H,9-13,15,25H2. The van der Waals surface area contributed by atoms with Gasteiger partial charge in [-0.3, -0.25) is 4.79 Å². The number of nitrogens with zero attached hydrogens (tertiary/aromatic N) is 1. The summed E-state index contributed by atoms with van der Waals surface area (Å²) < 4.78 is 0. The van der Waals surface area contributed by atoms with E-state index in [4.69, 9.17) is 0 Å². The number of rotatable bonds is 4. The molecule has 0 aromatic heterocycles. The molecule has 0 unspecified atom stereocenters. The number of benzene rings is 2. The molecule has 0 radical (unpaired) electrons. The Balaban J connectivity index is 1.49. The zero-order valence-electron chi connectivity index (χ0n) is 16.2. The highest BCUT2D eigenvalue weighted by Crippen LogP contribution is 2.55. The molecule has 1 amide bonds. The number of carbonyl (C=O) groups is 1.